The highest BCUT2D eigenvalue weighted by molar-refractivity contribution is 5.89. The molecule has 5 nitrogen and oxygen atoms in total. The average molecular weight is 281 g/mol. The Bertz CT molecular complexity index is 407. The van der Waals surface area contributed by atoms with Crippen LogP contribution >= 0.6 is 0 Å². The summed E-state index contributed by atoms with van der Waals surface area (Å²) >= 11 is 0. The van der Waals surface area contributed by atoms with Gasteiger partial charge in [0.25, 0.3) is 5.54 Å². The Labute approximate surface area is 119 Å². The minimum atomic E-state index is -1.48. The minimum absolute atomic E-state index is 0.0705. The summed E-state index contributed by atoms with van der Waals surface area (Å²) in [7, 11) is 0. The molecule has 0 aromatic heterocycles. The van der Waals surface area contributed by atoms with Crippen molar-refractivity contribution in [1.29, 1.82) is 0 Å². The fourth-order valence-electron chi connectivity index (χ4n) is 3.74. The Morgan fingerprint density at radius 1 is 1.00 bits per heavy atom. The van der Waals surface area contributed by atoms with Gasteiger partial charge in [0.05, 0.1) is 0 Å². The number of carbonyl (C=O) groups is 2. The molecule has 0 amide bonds. The van der Waals surface area contributed by atoms with Gasteiger partial charge in [-0.05, 0) is 19.3 Å². The molecule has 0 aromatic rings. The largest absolute Gasteiger partial charge is 0.300 e. The first-order valence-electron chi connectivity index (χ1n) is 7.77. The molecule has 0 bridgehead atoms. The maximum Gasteiger partial charge on any atom is 0.282 e. The van der Waals surface area contributed by atoms with Crippen LogP contribution in [0, 0.1) is 16.0 Å². The van der Waals surface area contributed by atoms with E-state index < -0.39 is 5.54 Å². The van der Waals surface area contributed by atoms with Gasteiger partial charge in [-0.15, -0.1) is 0 Å². The molecule has 0 aromatic carbocycles. The fraction of sp³-hybridized carbons (Fsp3) is 0.867. The van der Waals surface area contributed by atoms with Crippen molar-refractivity contribution in [2.24, 2.45) is 5.92 Å². The summed E-state index contributed by atoms with van der Waals surface area (Å²) in [5.74, 6) is -0.540. The predicted molar refractivity (Wildman–Crippen MR) is 74.0 cm³/mol. The number of carbonyl (C=O) groups excluding carboxylic acids is 2. The van der Waals surface area contributed by atoms with Gasteiger partial charge in [-0.1, -0.05) is 25.7 Å². The molecule has 20 heavy (non-hydrogen) atoms. The molecule has 0 heterocycles. The zero-order valence-electron chi connectivity index (χ0n) is 11.9. The van der Waals surface area contributed by atoms with Crippen molar-refractivity contribution in [3.63, 3.8) is 0 Å². The van der Waals surface area contributed by atoms with E-state index in [1.807, 2.05) is 0 Å². The number of Topliss-reactive ketones (excluding diaryl/α,β-unsaturated/α-hetero) is 2. The van der Waals surface area contributed by atoms with Gasteiger partial charge in [-0.25, -0.2) is 0 Å². The van der Waals surface area contributed by atoms with E-state index in [1.54, 1.807) is 0 Å². The van der Waals surface area contributed by atoms with Gasteiger partial charge in [0.2, 0.25) is 5.78 Å². The Morgan fingerprint density at radius 2 is 1.65 bits per heavy atom. The summed E-state index contributed by atoms with van der Waals surface area (Å²) in [4.78, 5) is 35.4. The normalized spacial score (nSPS) is 33.1. The van der Waals surface area contributed by atoms with Gasteiger partial charge >= 0.3 is 0 Å². The second-order valence-electron chi connectivity index (χ2n) is 6.20. The standard InChI is InChI=1S/C15H23NO4/c17-13-9-8-12(11-13)15(16(19)20)10-6-4-2-1-3-5-7-14(15)18/h12H,1-11H2. The maximum absolute atomic E-state index is 12.5. The van der Waals surface area contributed by atoms with Gasteiger partial charge in [0.15, 0.2) is 0 Å². The molecule has 0 saturated heterocycles. The molecular weight excluding hydrogens is 258 g/mol. The Kier molecular flexibility index (Phi) is 4.89. The molecule has 2 unspecified atom stereocenters. The molecule has 2 rings (SSSR count). The predicted octanol–water partition coefficient (Wildman–Crippen LogP) is 3.07. The van der Waals surface area contributed by atoms with Crippen molar-refractivity contribution in [1.82, 2.24) is 0 Å². The number of hydrogen-bond acceptors (Lipinski definition) is 4. The monoisotopic (exact) mass is 281 g/mol. The summed E-state index contributed by atoms with van der Waals surface area (Å²) in [6.45, 7) is 0. The molecule has 2 aliphatic carbocycles. The zero-order chi connectivity index (χ0) is 14.6. The molecule has 5 heteroatoms. The van der Waals surface area contributed by atoms with Crippen LogP contribution < -0.4 is 0 Å². The van der Waals surface area contributed by atoms with Crippen molar-refractivity contribution >= 4 is 11.6 Å². The third kappa shape index (κ3) is 2.91. The molecule has 2 saturated carbocycles. The van der Waals surface area contributed by atoms with Crippen LogP contribution in [0.15, 0.2) is 0 Å². The van der Waals surface area contributed by atoms with Gasteiger partial charge in [-0.3, -0.25) is 19.7 Å². The van der Waals surface area contributed by atoms with Crippen molar-refractivity contribution in [3.8, 4) is 0 Å². The van der Waals surface area contributed by atoms with E-state index in [2.05, 4.69) is 0 Å². The van der Waals surface area contributed by atoms with E-state index in [0.717, 1.165) is 38.5 Å². The molecular formula is C15H23NO4. The molecule has 2 aliphatic rings. The molecule has 2 fully saturated rings. The molecule has 0 N–H and O–H groups in total. The lowest BCUT2D eigenvalue weighted by Crippen LogP contribution is -2.52. The first-order chi connectivity index (χ1) is 9.57. The summed E-state index contributed by atoms with van der Waals surface area (Å²) < 4.78 is 0. The van der Waals surface area contributed by atoms with E-state index in [0.29, 0.717) is 25.7 Å². The number of nitro groups is 1. The summed E-state index contributed by atoms with van der Waals surface area (Å²) in [5, 5.41) is 11.7. The molecule has 0 aliphatic heterocycles. The van der Waals surface area contributed by atoms with Crippen molar-refractivity contribution < 1.29 is 14.5 Å². The second-order valence-corrected chi connectivity index (χ2v) is 6.20. The first-order valence-corrected chi connectivity index (χ1v) is 7.77. The topological polar surface area (TPSA) is 77.3 Å². The maximum atomic E-state index is 12.5. The van der Waals surface area contributed by atoms with Crippen LogP contribution in [0.4, 0.5) is 0 Å². The van der Waals surface area contributed by atoms with Crippen LogP contribution in [0.25, 0.3) is 0 Å². The molecule has 0 spiro atoms. The van der Waals surface area contributed by atoms with Crippen molar-refractivity contribution in [2.75, 3.05) is 0 Å². The third-order valence-electron chi connectivity index (χ3n) is 4.94. The van der Waals surface area contributed by atoms with E-state index in [-0.39, 0.29) is 28.8 Å². The Balaban J connectivity index is 2.26. The fourth-order valence-corrected chi connectivity index (χ4v) is 3.74. The number of rotatable bonds is 2. The van der Waals surface area contributed by atoms with E-state index in [4.69, 9.17) is 0 Å². The minimum Gasteiger partial charge on any atom is -0.300 e. The zero-order valence-corrected chi connectivity index (χ0v) is 11.9. The average Bonchev–Trinajstić information content (AvgIpc) is 2.83. The SMILES string of the molecule is O=C1CCC(C2([N+](=O)[O-])CCCCCCCCC2=O)C1. The highest BCUT2D eigenvalue weighted by Gasteiger charge is 2.57. The van der Waals surface area contributed by atoms with E-state index in [1.165, 1.54) is 0 Å². The Hall–Kier alpha value is -1.26. The van der Waals surface area contributed by atoms with Crippen LogP contribution in [0.2, 0.25) is 0 Å². The van der Waals surface area contributed by atoms with Gasteiger partial charge in [-0.2, -0.15) is 0 Å². The van der Waals surface area contributed by atoms with Gasteiger partial charge in [0.1, 0.15) is 5.78 Å². The van der Waals surface area contributed by atoms with E-state index in [9.17, 15) is 19.7 Å². The highest BCUT2D eigenvalue weighted by Crippen LogP contribution is 2.40. The Morgan fingerprint density at radius 3 is 2.25 bits per heavy atom. The number of hydrogen-bond donors (Lipinski definition) is 0. The van der Waals surface area contributed by atoms with Gasteiger partial charge in [0, 0.05) is 36.5 Å². The summed E-state index contributed by atoms with van der Waals surface area (Å²) in [6, 6.07) is 0. The highest BCUT2D eigenvalue weighted by atomic mass is 16.6. The smallest absolute Gasteiger partial charge is 0.282 e. The lowest BCUT2D eigenvalue weighted by atomic mass is 9.74. The van der Waals surface area contributed by atoms with Crippen LogP contribution in [-0.4, -0.2) is 22.0 Å². The van der Waals surface area contributed by atoms with Crippen molar-refractivity contribution in [3.05, 3.63) is 10.1 Å². The molecule has 0 radical (unpaired) electrons. The van der Waals surface area contributed by atoms with Gasteiger partial charge < -0.3 is 0 Å². The van der Waals surface area contributed by atoms with Crippen LogP contribution in [0.3, 0.4) is 0 Å². The second kappa shape index (κ2) is 6.46. The molecule has 2 atom stereocenters. The lowest BCUT2D eigenvalue weighted by molar-refractivity contribution is -0.564. The molecule has 112 valence electrons. The lowest BCUT2D eigenvalue weighted by Gasteiger charge is -2.29. The quantitative estimate of drug-likeness (QED) is 0.575. The summed E-state index contributed by atoms with van der Waals surface area (Å²) in [5.41, 5.74) is -1.48. The number of nitrogens with zero attached hydrogens (tertiary/aromatic N) is 1. The van der Waals surface area contributed by atoms with Crippen LogP contribution in [0.1, 0.15) is 70.6 Å². The summed E-state index contributed by atoms with van der Waals surface area (Å²) in [6.07, 6.45) is 7.32. The van der Waals surface area contributed by atoms with E-state index >= 15 is 0 Å². The third-order valence-corrected chi connectivity index (χ3v) is 4.94. The van der Waals surface area contributed by atoms with Crippen molar-refractivity contribution in [2.45, 2.75) is 76.2 Å². The van der Waals surface area contributed by atoms with Crippen LogP contribution in [-0.2, 0) is 9.59 Å². The van der Waals surface area contributed by atoms with Crippen LogP contribution in [0.5, 0.6) is 0 Å². The first kappa shape index (κ1) is 15.1. The number of ketones is 2.